The van der Waals surface area contributed by atoms with Gasteiger partial charge in [-0.25, -0.2) is 0 Å². The van der Waals surface area contributed by atoms with Crippen LogP contribution in [0.2, 0.25) is 0 Å². The van der Waals surface area contributed by atoms with Crippen LogP contribution >= 0.6 is 23.1 Å². The van der Waals surface area contributed by atoms with E-state index in [-0.39, 0.29) is 5.91 Å². The molecule has 1 amide bonds. The van der Waals surface area contributed by atoms with E-state index in [9.17, 15) is 4.79 Å². The van der Waals surface area contributed by atoms with Gasteiger partial charge in [0.25, 0.3) is 5.91 Å². The molecule has 0 unspecified atom stereocenters. The lowest BCUT2D eigenvalue weighted by atomic mass is 10.1. The summed E-state index contributed by atoms with van der Waals surface area (Å²) in [5.74, 6) is 0.652. The van der Waals surface area contributed by atoms with Gasteiger partial charge in [0.15, 0.2) is 4.34 Å². The largest absolute Gasteiger partial charge is 0.384 e. The predicted octanol–water partition coefficient (Wildman–Crippen LogP) is 3.15. The summed E-state index contributed by atoms with van der Waals surface area (Å²) in [5, 5.41) is 11.3. The zero-order chi connectivity index (χ0) is 15.2. The summed E-state index contributed by atoms with van der Waals surface area (Å²) in [5.41, 5.74) is 2.89. The van der Waals surface area contributed by atoms with Crippen molar-refractivity contribution in [3.63, 3.8) is 0 Å². The van der Waals surface area contributed by atoms with Crippen molar-refractivity contribution >= 4 is 34.1 Å². The molecule has 0 fully saturated rings. The minimum absolute atomic E-state index is 0.164. The summed E-state index contributed by atoms with van der Waals surface area (Å²) >= 11 is 2.93. The Morgan fingerprint density at radius 2 is 2.14 bits per heavy atom. The molecule has 2 rings (SSSR count). The van der Waals surface area contributed by atoms with Gasteiger partial charge in [-0.15, -0.1) is 10.2 Å². The Bertz CT molecular complexity index is 628. The maximum Gasteiger partial charge on any atom is 0.257 e. The number of nitrogens with zero attached hydrogens (tertiary/aromatic N) is 2. The third kappa shape index (κ3) is 4.52. The maximum atomic E-state index is 12.1. The Kier molecular flexibility index (Phi) is 5.72. The van der Waals surface area contributed by atoms with Crippen LogP contribution in [0, 0.1) is 13.8 Å². The molecule has 5 nitrogen and oxygen atoms in total. The number of carbonyl (C=O) groups excluding carboxylic acids is 1. The van der Waals surface area contributed by atoms with Crippen LogP contribution in [-0.4, -0.2) is 35.6 Å². The first-order chi connectivity index (χ1) is 10.1. The summed E-state index contributed by atoms with van der Waals surface area (Å²) in [6, 6.07) is 5.63. The number of hydrogen-bond donors (Lipinski definition) is 1. The highest BCUT2D eigenvalue weighted by molar-refractivity contribution is 8.01. The van der Waals surface area contributed by atoms with E-state index in [2.05, 4.69) is 15.5 Å². The van der Waals surface area contributed by atoms with Crippen molar-refractivity contribution in [3.8, 4) is 0 Å². The number of hydrogen-bond acceptors (Lipinski definition) is 6. The molecule has 1 aromatic carbocycles. The molecule has 0 spiro atoms. The van der Waals surface area contributed by atoms with Crippen LogP contribution in [0.15, 0.2) is 22.5 Å². The molecule has 112 valence electrons. The van der Waals surface area contributed by atoms with Crippen molar-refractivity contribution in [2.45, 2.75) is 18.2 Å². The zero-order valence-electron chi connectivity index (χ0n) is 12.2. The zero-order valence-corrected chi connectivity index (χ0v) is 13.8. The fourth-order valence-electron chi connectivity index (χ4n) is 1.58. The number of rotatable bonds is 6. The molecule has 0 saturated heterocycles. The number of ether oxygens (including phenoxy) is 1. The second-order valence-electron chi connectivity index (χ2n) is 4.47. The van der Waals surface area contributed by atoms with Gasteiger partial charge in [0.1, 0.15) is 0 Å². The van der Waals surface area contributed by atoms with Crippen LogP contribution in [0.25, 0.3) is 0 Å². The number of amides is 1. The van der Waals surface area contributed by atoms with E-state index < -0.39 is 0 Å². The number of aryl methyl sites for hydroxylation is 2. The number of carbonyl (C=O) groups is 1. The molecule has 2 aromatic rings. The Morgan fingerprint density at radius 1 is 1.33 bits per heavy atom. The lowest BCUT2D eigenvalue weighted by Crippen LogP contribution is -2.12. The van der Waals surface area contributed by atoms with Crippen molar-refractivity contribution in [1.82, 2.24) is 10.2 Å². The highest BCUT2D eigenvalue weighted by Gasteiger charge is 2.11. The molecule has 1 heterocycles. The number of anilines is 1. The van der Waals surface area contributed by atoms with Crippen LogP contribution in [0.5, 0.6) is 0 Å². The Labute approximate surface area is 132 Å². The van der Waals surface area contributed by atoms with E-state index in [1.54, 1.807) is 18.9 Å². The van der Waals surface area contributed by atoms with Crippen molar-refractivity contribution in [2.75, 3.05) is 24.8 Å². The Morgan fingerprint density at radius 3 is 2.86 bits per heavy atom. The lowest BCUT2D eigenvalue weighted by Gasteiger charge is -2.04. The Hall–Kier alpha value is -1.44. The van der Waals surface area contributed by atoms with Crippen LogP contribution in [0.1, 0.15) is 21.5 Å². The second-order valence-corrected chi connectivity index (χ2v) is 6.79. The van der Waals surface area contributed by atoms with Crippen LogP contribution < -0.4 is 5.32 Å². The molecule has 0 radical (unpaired) electrons. The van der Waals surface area contributed by atoms with Crippen molar-refractivity contribution < 1.29 is 9.53 Å². The molecule has 7 heteroatoms. The number of thioether (sulfide) groups is 1. The van der Waals surface area contributed by atoms with Gasteiger partial charge in [0.05, 0.1) is 6.61 Å². The summed E-state index contributed by atoms with van der Waals surface area (Å²) in [4.78, 5) is 12.1. The van der Waals surface area contributed by atoms with E-state index in [4.69, 9.17) is 4.74 Å². The highest BCUT2D eigenvalue weighted by Crippen LogP contribution is 2.25. The first-order valence-electron chi connectivity index (χ1n) is 6.44. The molecule has 0 atom stereocenters. The normalized spacial score (nSPS) is 10.6. The monoisotopic (exact) mass is 323 g/mol. The second kappa shape index (κ2) is 7.53. The molecule has 0 saturated carbocycles. The van der Waals surface area contributed by atoms with E-state index in [0.29, 0.717) is 17.3 Å². The van der Waals surface area contributed by atoms with Crippen molar-refractivity contribution in [2.24, 2.45) is 0 Å². The summed E-state index contributed by atoms with van der Waals surface area (Å²) in [6.07, 6.45) is 0. The molecule has 0 aliphatic carbocycles. The quantitative estimate of drug-likeness (QED) is 0.502. The van der Waals surface area contributed by atoms with E-state index in [0.717, 1.165) is 15.7 Å². The summed E-state index contributed by atoms with van der Waals surface area (Å²) in [6.45, 7) is 4.67. The van der Waals surface area contributed by atoms with Gasteiger partial charge in [-0.05, 0) is 37.1 Å². The molecule has 1 N–H and O–H groups in total. The fraction of sp³-hybridized carbons (Fsp3) is 0.357. The van der Waals surface area contributed by atoms with Gasteiger partial charge in [0, 0.05) is 18.4 Å². The third-order valence-corrected chi connectivity index (χ3v) is 4.85. The van der Waals surface area contributed by atoms with Crippen molar-refractivity contribution in [1.29, 1.82) is 0 Å². The van der Waals surface area contributed by atoms with Crippen molar-refractivity contribution in [3.05, 3.63) is 34.9 Å². The lowest BCUT2D eigenvalue weighted by molar-refractivity contribution is 0.102. The third-order valence-electron chi connectivity index (χ3n) is 2.91. The minimum Gasteiger partial charge on any atom is -0.384 e. The maximum absolute atomic E-state index is 12.1. The van der Waals surface area contributed by atoms with Gasteiger partial charge in [-0.1, -0.05) is 29.2 Å². The molecular formula is C14H17N3O2S2. The molecular weight excluding hydrogens is 306 g/mol. The van der Waals surface area contributed by atoms with Gasteiger partial charge in [0.2, 0.25) is 5.13 Å². The number of benzene rings is 1. The van der Waals surface area contributed by atoms with E-state index >= 15 is 0 Å². The summed E-state index contributed by atoms with van der Waals surface area (Å²) in [7, 11) is 1.66. The Balaban J connectivity index is 1.97. The average molecular weight is 323 g/mol. The number of aromatic nitrogens is 2. The molecule has 1 aromatic heterocycles. The van der Waals surface area contributed by atoms with Crippen LogP contribution in [0.3, 0.4) is 0 Å². The van der Waals surface area contributed by atoms with E-state index in [1.807, 2.05) is 32.0 Å². The van der Waals surface area contributed by atoms with Gasteiger partial charge in [-0.2, -0.15) is 0 Å². The molecule has 0 aliphatic rings. The number of nitrogens with one attached hydrogen (secondary N) is 1. The highest BCUT2D eigenvalue weighted by atomic mass is 32.2. The van der Waals surface area contributed by atoms with Gasteiger partial charge in [-0.3, -0.25) is 10.1 Å². The first kappa shape index (κ1) is 15.9. The van der Waals surface area contributed by atoms with Gasteiger partial charge >= 0.3 is 0 Å². The average Bonchev–Trinajstić information content (AvgIpc) is 2.89. The number of methoxy groups -OCH3 is 1. The standard InChI is InChI=1S/C14H17N3O2S2/c1-9-4-5-11(8-10(9)2)12(18)15-13-16-17-14(21-13)20-7-6-19-3/h4-5,8H,6-7H2,1-3H3,(H,15,16,18). The van der Waals surface area contributed by atoms with Crippen LogP contribution in [-0.2, 0) is 4.74 Å². The minimum atomic E-state index is -0.164. The van der Waals surface area contributed by atoms with Gasteiger partial charge < -0.3 is 4.74 Å². The fourth-order valence-corrected chi connectivity index (χ4v) is 3.30. The molecule has 0 aliphatic heterocycles. The molecule has 0 bridgehead atoms. The topological polar surface area (TPSA) is 64.1 Å². The molecule has 21 heavy (non-hydrogen) atoms. The first-order valence-corrected chi connectivity index (χ1v) is 8.24. The van der Waals surface area contributed by atoms with E-state index in [1.165, 1.54) is 16.9 Å². The predicted molar refractivity (Wildman–Crippen MR) is 86.4 cm³/mol. The van der Waals surface area contributed by atoms with Crippen LogP contribution in [0.4, 0.5) is 5.13 Å². The summed E-state index contributed by atoms with van der Waals surface area (Å²) < 4.78 is 5.80. The smallest absolute Gasteiger partial charge is 0.257 e. The SMILES string of the molecule is COCCSc1nnc(NC(=O)c2ccc(C)c(C)c2)s1.